The van der Waals surface area contributed by atoms with Crippen molar-refractivity contribution in [3.05, 3.63) is 101 Å². The molecule has 1 N–H and O–H groups in total. The van der Waals surface area contributed by atoms with Gasteiger partial charge in [0.15, 0.2) is 0 Å². The van der Waals surface area contributed by atoms with Gasteiger partial charge in [-0.15, -0.1) is 4.57 Å². The highest BCUT2D eigenvalue weighted by Gasteiger charge is 2.42. The molecule has 0 amide bonds. The maximum absolute atomic E-state index is 11.0. The molecule has 1 fully saturated rings. The Morgan fingerprint density at radius 1 is 1.00 bits per heavy atom. The van der Waals surface area contributed by atoms with Crippen molar-refractivity contribution in [3.63, 3.8) is 0 Å². The number of thiazole rings is 1. The van der Waals surface area contributed by atoms with Crippen LogP contribution in [0.5, 0.6) is 0 Å². The lowest BCUT2D eigenvalue weighted by atomic mass is 9.96. The topological polar surface area (TPSA) is 53.7 Å². The first-order valence-electron chi connectivity index (χ1n) is 13.5. The molecule has 0 bridgehead atoms. The van der Waals surface area contributed by atoms with Gasteiger partial charge in [-0.05, 0) is 71.3 Å². The molecule has 1 aliphatic heterocycles. The van der Waals surface area contributed by atoms with E-state index < -0.39 is 0 Å². The summed E-state index contributed by atoms with van der Waals surface area (Å²) < 4.78 is 8.46. The third-order valence-corrected chi connectivity index (χ3v) is 9.43. The van der Waals surface area contributed by atoms with E-state index in [0.29, 0.717) is 18.4 Å². The zero-order chi connectivity index (χ0) is 26.3. The van der Waals surface area contributed by atoms with Crippen molar-refractivity contribution in [2.45, 2.75) is 44.6 Å². The largest absolute Gasteiger partial charge is 0.407 e. The van der Waals surface area contributed by atoms with Gasteiger partial charge in [-0.1, -0.05) is 60.2 Å². The van der Waals surface area contributed by atoms with Crippen LogP contribution in [0.1, 0.15) is 46.9 Å². The molecule has 2 atom stereocenters. The summed E-state index contributed by atoms with van der Waals surface area (Å²) in [5, 5.41) is 12.9. The first kappa shape index (κ1) is 24.1. The molecule has 7 rings (SSSR count). The summed E-state index contributed by atoms with van der Waals surface area (Å²) in [4.78, 5) is 13.5. The molecule has 39 heavy (non-hydrogen) atoms. The number of aliphatic hydroxyl groups excluding tert-OH is 1. The molecule has 1 aliphatic carbocycles. The number of carbonyl (C=O) groups is 1. The second-order valence-electron chi connectivity index (χ2n) is 10.3. The van der Waals surface area contributed by atoms with Crippen molar-refractivity contribution in [1.29, 1.82) is 0 Å². The Kier molecular flexibility index (Phi) is 6.14. The van der Waals surface area contributed by atoms with Gasteiger partial charge < -0.3 is 14.7 Å². The van der Waals surface area contributed by atoms with Gasteiger partial charge >= 0.3 is 0 Å². The fourth-order valence-corrected chi connectivity index (χ4v) is 7.62. The van der Waals surface area contributed by atoms with Crippen LogP contribution >= 0.6 is 11.3 Å². The molecule has 1 aromatic heterocycles. The summed E-state index contributed by atoms with van der Waals surface area (Å²) in [5.74, 6) is 0.535. The number of rotatable bonds is 7. The number of hydrogen-bond donors (Lipinski definition) is 1. The number of nitrogens with zero attached hydrogens (tertiary/aromatic N) is 2. The average Bonchev–Trinajstić information content (AvgIpc) is 3.68. The van der Waals surface area contributed by atoms with Crippen molar-refractivity contribution in [2.24, 2.45) is 0 Å². The predicted octanol–water partition coefficient (Wildman–Crippen LogP) is 6.92. The van der Waals surface area contributed by atoms with E-state index >= 15 is 0 Å². The van der Waals surface area contributed by atoms with E-state index in [0.717, 1.165) is 16.1 Å². The fraction of sp³-hybridized carbons (Fsp3) is 0.212. The third kappa shape index (κ3) is 4.11. The Labute approximate surface area is 231 Å². The Morgan fingerprint density at radius 2 is 1.87 bits per heavy atom. The predicted molar refractivity (Wildman–Crippen MR) is 157 cm³/mol. The third-order valence-electron chi connectivity index (χ3n) is 8.23. The van der Waals surface area contributed by atoms with E-state index in [1.54, 1.807) is 11.3 Å². The number of hydrogen-bond acceptors (Lipinski definition) is 5. The quantitative estimate of drug-likeness (QED) is 0.182. The molecule has 0 spiro atoms. The molecular weight excluding hydrogens is 504 g/mol. The van der Waals surface area contributed by atoms with Crippen LogP contribution in [-0.4, -0.2) is 17.6 Å². The van der Waals surface area contributed by atoms with E-state index in [1.165, 1.54) is 57.2 Å². The van der Waals surface area contributed by atoms with Crippen molar-refractivity contribution < 1.29 is 19.2 Å². The van der Waals surface area contributed by atoms with Gasteiger partial charge in [0.25, 0.3) is 18.2 Å². The molecular formula is C33H29N2O3S+. The first-order chi connectivity index (χ1) is 19.2. The van der Waals surface area contributed by atoms with Crippen molar-refractivity contribution in [1.82, 2.24) is 0 Å². The van der Waals surface area contributed by atoms with E-state index in [9.17, 15) is 9.90 Å². The summed E-state index contributed by atoms with van der Waals surface area (Å²) in [6.07, 6.45) is 7.96. The van der Waals surface area contributed by atoms with Crippen LogP contribution in [0.4, 0.5) is 11.4 Å². The second kappa shape index (κ2) is 9.95. The van der Waals surface area contributed by atoms with E-state index in [4.69, 9.17) is 4.74 Å². The average molecular weight is 534 g/mol. The minimum Gasteiger partial charge on any atom is -0.407 e. The number of anilines is 2. The van der Waals surface area contributed by atoms with Gasteiger partial charge in [0.2, 0.25) is 5.52 Å². The molecule has 1 saturated carbocycles. The van der Waals surface area contributed by atoms with Crippen LogP contribution in [0.2, 0.25) is 0 Å². The Balaban J connectivity index is 1.26. The molecule has 194 valence electrons. The van der Waals surface area contributed by atoms with Gasteiger partial charge in [0.05, 0.1) is 6.61 Å². The number of carbonyl (C=O) groups excluding carboxylic acids is 1. The summed E-state index contributed by atoms with van der Waals surface area (Å²) >= 11 is 1.72. The second-order valence-corrected chi connectivity index (χ2v) is 11.4. The van der Waals surface area contributed by atoms with E-state index in [-0.39, 0.29) is 13.3 Å². The molecule has 5 aromatic rings. The molecule has 0 saturated heterocycles. The van der Waals surface area contributed by atoms with Gasteiger partial charge in [-0.3, -0.25) is 4.79 Å². The van der Waals surface area contributed by atoms with Crippen molar-refractivity contribution in [3.8, 4) is 0 Å². The van der Waals surface area contributed by atoms with Crippen LogP contribution < -0.4 is 9.47 Å². The lowest BCUT2D eigenvalue weighted by Crippen LogP contribution is -2.36. The smallest absolute Gasteiger partial charge is 0.297 e. The minimum absolute atomic E-state index is 0.0654. The van der Waals surface area contributed by atoms with Crippen LogP contribution in [0.25, 0.3) is 33.1 Å². The molecule has 2 unspecified atom stereocenters. The molecule has 4 aromatic carbocycles. The van der Waals surface area contributed by atoms with Gasteiger partial charge in [-0.25, -0.2) is 0 Å². The Hall–Kier alpha value is -4.00. The number of benzene rings is 4. The molecule has 2 heterocycles. The van der Waals surface area contributed by atoms with E-state index in [1.807, 2.05) is 12.1 Å². The fourth-order valence-electron chi connectivity index (χ4n) is 6.44. The lowest BCUT2D eigenvalue weighted by molar-refractivity contribution is -0.700. The standard InChI is InChI=1S/C33H29N2O3S/c36-19-23-8-13-25(14-9-23)35-29-7-3-6-27(29)28-18-22(10-15-30(28)35)11-17-32-34(20-38-21-37)31-16-12-24-4-1-2-5-26(24)33(31)39-32/h1-2,4-5,8-18,21,27,29,36H,3,6-7,19-20H2/q+1. The van der Waals surface area contributed by atoms with Crippen molar-refractivity contribution >= 4 is 62.3 Å². The Bertz CT molecular complexity index is 1720. The molecule has 2 aliphatic rings. The zero-order valence-electron chi connectivity index (χ0n) is 21.5. The molecule has 6 heteroatoms. The molecule has 5 nitrogen and oxygen atoms in total. The normalized spacial score (nSPS) is 18.2. The van der Waals surface area contributed by atoms with Gasteiger partial charge in [0, 0.05) is 40.9 Å². The van der Waals surface area contributed by atoms with Crippen LogP contribution in [0.3, 0.4) is 0 Å². The summed E-state index contributed by atoms with van der Waals surface area (Å²) in [6, 6.07) is 28.2. The zero-order valence-corrected chi connectivity index (χ0v) is 22.3. The van der Waals surface area contributed by atoms with Gasteiger partial charge in [-0.2, -0.15) is 0 Å². The number of ether oxygens (including phenoxy) is 1. The maximum Gasteiger partial charge on any atom is 0.297 e. The summed E-state index contributed by atoms with van der Waals surface area (Å²) in [7, 11) is 0. The highest BCUT2D eigenvalue weighted by atomic mass is 32.1. The first-order valence-corrected chi connectivity index (χ1v) is 14.3. The number of aliphatic hydroxyl groups is 1. The highest BCUT2D eigenvalue weighted by molar-refractivity contribution is 7.19. The molecule has 0 radical (unpaired) electrons. The SMILES string of the molecule is O=COC[n+]1c(/C=C/c2ccc3c(c2)C2CCCC2N3c2ccc(CO)cc2)sc2c3ccccc3ccc21. The van der Waals surface area contributed by atoms with Gasteiger partial charge in [0.1, 0.15) is 4.70 Å². The van der Waals surface area contributed by atoms with Crippen LogP contribution in [-0.2, 0) is 22.9 Å². The number of aromatic nitrogens is 1. The number of fused-ring (bicyclic) bond motifs is 6. The summed E-state index contributed by atoms with van der Waals surface area (Å²) in [6.45, 7) is 0.752. The minimum atomic E-state index is 0.0654. The Morgan fingerprint density at radius 3 is 2.72 bits per heavy atom. The summed E-state index contributed by atoms with van der Waals surface area (Å²) in [5.41, 5.74) is 7.08. The highest BCUT2D eigenvalue weighted by Crippen LogP contribution is 2.52. The monoisotopic (exact) mass is 533 g/mol. The van der Waals surface area contributed by atoms with Crippen molar-refractivity contribution in [2.75, 3.05) is 4.90 Å². The van der Waals surface area contributed by atoms with Crippen LogP contribution in [0, 0.1) is 0 Å². The lowest BCUT2D eigenvalue weighted by Gasteiger charge is -2.27. The maximum atomic E-state index is 11.0. The van der Waals surface area contributed by atoms with E-state index in [2.05, 4.69) is 88.3 Å². The van der Waals surface area contributed by atoms with Crippen LogP contribution in [0.15, 0.2) is 78.9 Å².